The van der Waals surface area contributed by atoms with Gasteiger partial charge < -0.3 is 15.0 Å². The van der Waals surface area contributed by atoms with Crippen molar-refractivity contribution in [3.8, 4) is 5.75 Å². The summed E-state index contributed by atoms with van der Waals surface area (Å²) in [6, 6.07) is 11.0. The van der Waals surface area contributed by atoms with Crippen LogP contribution in [0.25, 0.3) is 0 Å². The molecule has 5 nitrogen and oxygen atoms in total. The first-order valence-electron chi connectivity index (χ1n) is 8.35. The molecule has 0 spiro atoms. The number of rotatable bonds is 4. The van der Waals surface area contributed by atoms with Crippen LogP contribution in [0.2, 0.25) is 0 Å². The minimum Gasteiger partial charge on any atom is -0.488 e. The number of amides is 1. The van der Waals surface area contributed by atoms with Crippen LogP contribution in [0.1, 0.15) is 41.7 Å². The summed E-state index contributed by atoms with van der Waals surface area (Å²) in [5.74, 6) is 0.460. The molecule has 0 bridgehead atoms. The molecule has 0 saturated heterocycles. The smallest absolute Gasteiger partial charge is 0.257 e. The van der Waals surface area contributed by atoms with Crippen molar-refractivity contribution in [1.82, 2.24) is 10.3 Å². The molecule has 1 amide bonds. The van der Waals surface area contributed by atoms with Crippen LogP contribution in [-0.2, 0) is 0 Å². The van der Waals surface area contributed by atoms with E-state index in [4.69, 9.17) is 4.74 Å². The zero-order valence-corrected chi connectivity index (χ0v) is 13.7. The van der Waals surface area contributed by atoms with Crippen LogP contribution in [0, 0.1) is 6.92 Å². The molecule has 1 saturated carbocycles. The molecule has 3 rings (SSSR count). The molecule has 1 aliphatic rings. The third-order valence-electron chi connectivity index (χ3n) is 4.35. The number of aryl methyl sites for hydroxylation is 1. The highest BCUT2D eigenvalue weighted by molar-refractivity contribution is 5.94. The van der Waals surface area contributed by atoms with E-state index in [0.717, 1.165) is 37.1 Å². The fraction of sp³-hybridized carbons (Fsp3) is 0.368. The average molecular weight is 326 g/mol. The van der Waals surface area contributed by atoms with Crippen molar-refractivity contribution in [3.05, 3.63) is 64.1 Å². The number of aromatic amines is 1. The molecule has 2 atom stereocenters. The summed E-state index contributed by atoms with van der Waals surface area (Å²) in [7, 11) is 0. The van der Waals surface area contributed by atoms with Crippen molar-refractivity contribution in [2.75, 3.05) is 0 Å². The highest BCUT2D eigenvalue weighted by Gasteiger charge is 2.29. The van der Waals surface area contributed by atoms with Crippen LogP contribution < -0.4 is 15.5 Å². The Morgan fingerprint density at radius 3 is 2.71 bits per heavy atom. The summed E-state index contributed by atoms with van der Waals surface area (Å²) >= 11 is 0. The van der Waals surface area contributed by atoms with Gasteiger partial charge in [0.1, 0.15) is 17.4 Å². The van der Waals surface area contributed by atoms with E-state index in [-0.39, 0.29) is 29.0 Å². The molecule has 2 aromatic rings. The third-order valence-corrected chi connectivity index (χ3v) is 4.35. The molecular weight excluding hydrogens is 304 g/mol. The SMILES string of the molecule is Cc1cc(=O)c(C(=O)N[C@H]2CCCC[C@@H]2Oc2ccccc2)c[nH]1. The molecular formula is C19H22N2O3. The van der Waals surface area contributed by atoms with Crippen molar-refractivity contribution in [2.45, 2.75) is 44.8 Å². The minimum absolute atomic E-state index is 0.0744. The highest BCUT2D eigenvalue weighted by atomic mass is 16.5. The molecule has 24 heavy (non-hydrogen) atoms. The molecule has 0 unspecified atom stereocenters. The maximum absolute atomic E-state index is 12.5. The Morgan fingerprint density at radius 1 is 1.21 bits per heavy atom. The van der Waals surface area contributed by atoms with Crippen molar-refractivity contribution >= 4 is 5.91 Å². The molecule has 2 N–H and O–H groups in total. The maximum Gasteiger partial charge on any atom is 0.257 e. The van der Waals surface area contributed by atoms with Gasteiger partial charge in [-0.2, -0.15) is 0 Å². The third kappa shape index (κ3) is 3.85. The first kappa shape index (κ1) is 16.3. The number of hydrogen-bond donors (Lipinski definition) is 2. The van der Waals surface area contributed by atoms with E-state index in [0.29, 0.717) is 0 Å². The number of benzene rings is 1. The van der Waals surface area contributed by atoms with E-state index in [1.54, 1.807) is 6.92 Å². The number of hydrogen-bond acceptors (Lipinski definition) is 3. The Hall–Kier alpha value is -2.56. The summed E-state index contributed by atoms with van der Waals surface area (Å²) in [4.78, 5) is 27.4. The lowest BCUT2D eigenvalue weighted by atomic mass is 9.92. The Labute approximate surface area is 141 Å². The van der Waals surface area contributed by atoms with Gasteiger partial charge >= 0.3 is 0 Å². The first-order chi connectivity index (χ1) is 11.6. The zero-order chi connectivity index (χ0) is 16.9. The summed E-state index contributed by atoms with van der Waals surface area (Å²) in [6.45, 7) is 1.79. The number of H-pyrrole nitrogens is 1. The number of carbonyl (C=O) groups excluding carboxylic acids is 1. The largest absolute Gasteiger partial charge is 0.488 e. The number of ether oxygens (including phenoxy) is 1. The molecule has 1 fully saturated rings. The number of aromatic nitrogens is 1. The van der Waals surface area contributed by atoms with Crippen LogP contribution in [0.5, 0.6) is 5.75 Å². The topological polar surface area (TPSA) is 71.2 Å². The van der Waals surface area contributed by atoms with Gasteiger partial charge in [-0.15, -0.1) is 0 Å². The Morgan fingerprint density at radius 2 is 1.96 bits per heavy atom. The van der Waals surface area contributed by atoms with E-state index in [1.165, 1.54) is 12.3 Å². The van der Waals surface area contributed by atoms with Gasteiger partial charge in [-0.05, 0) is 38.3 Å². The van der Waals surface area contributed by atoms with Crippen LogP contribution in [-0.4, -0.2) is 23.0 Å². The molecule has 1 aliphatic carbocycles. The van der Waals surface area contributed by atoms with Crippen LogP contribution in [0.3, 0.4) is 0 Å². The monoisotopic (exact) mass is 326 g/mol. The molecule has 1 aromatic carbocycles. The van der Waals surface area contributed by atoms with Crippen molar-refractivity contribution in [3.63, 3.8) is 0 Å². The number of para-hydroxylation sites is 1. The molecule has 1 aromatic heterocycles. The Balaban J connectivity index is 1.71. The lowest BCUT2D eigenvalue weighted by molar-refractivity contribution is 0.0796. The van der Waals surface area contributed by atoms with Crippen molar-refractivity contribution in [2.24, 2.45) is 0 Å². The molecule has 0 aliphatic heterocycles. The molecule has 5 heteroatoms. The predicted molar refractivity (Wildman–Crippen MR) is 92.4 cm³/mol. The van der Waals surface area contributed by atoms with Gasteiger partial charge in [-0.25, -0.2) is 0 Å². The number of nitrogens with one attached hydrogen (secondary N) is 2. The van der Waals surface area contributed by atoms with E-state index in [9.17, 15) is 9.59 Å². The van der Waals surface area contributed by atoms with E-state index in [2.05, 4.69) is 10.3 Å². The number of pyridine rings is 1. The van der Waals surface area contributed by atoms with E-state index < -0.39 is 0 Å². The summed E-state index contributed by atoms with van der Waals surface area (Å²) in [5, 5.41) is 2.98. The average Bonchev–Trinajstić information content (AvgIpc) is 2.57. The molecule has 126 valence electrons. The zero-order valence-electron chi connectivity index (χ0n) is 13.7. The van der Waals surface area contributed by atoms with Gasteiger partial charge in [-0.1, -0.05) is 24.6 Å². The summed E-state index contributed by atoms with van der Waals surface area (Å²) in [6.07, 6.45) is 5.27. The fourth-order valence-corrected chi connectivity index (χ4v) is 3.07. The second-order valence-electron chi connectivity index (χ2n) is 6.23. The number of carbonyl (C=O) groups is 1. The normalized spacial score (nSPS) is 20.4. The second-order valence-corrected chi connectivity index (χ2v) is 6.23. The Bertz CT molecular complexity index is 755. The lowest BCUT2D eigenvalue weighted by Crippen LogP contribution is -2.48. The quantitative estimate of drug-likeness (QED) is 0.907. The predicted octanol–water partition coefficient (Wildman–Crippen LogP) is 2.80. The maximum atomic E-state index is 12.5. The standard InChI is InChI=1S/C19H22N2O3/c1-13-11-17(22)15(12-20-13)19(23)21-16-9-5-6-10-18(16)24-14-7-3-2-4-8-14/h2-4,7-8,11-12,16,18H,5-6,9-10H2,1H3,(H,20,22)(H,21,23)/t16-,18-/m0/s1. The van der Waals surface area contributed by atoms with Gasteiger partial charge in [0.25, 0.3) is 5.91 Å². The molecule has 1 heterocycles. The van der Waals surface area contributed by atoms with Crippen molar-refractivity contribution < 1.29 is 9.53 Å². The van der Waals surface area contributed by atoms with Crippen LogP contribution >= 0.6 is 0 Å². The van der Waals surface area contributed by atoms with Gasteiger partial charge in [-0.3, -0.25) is 9.59 Å². The van der Waals surface area contributed by atoms with Crippen LogP contribution in [0.4, 0.5) is 0 Å². The van der Waals surface area contributed by atoms with Gasteiger partial charge in [0.05, 0.1) is 6.04 Å². The summed E-state index contributed by atoms with van der Waals surface area (Å²) in [5.41, 5.74) is 0.615. The summed E-state index contributed by atoms with van der Waals surface area (Å²) < 4.78 is 6.05. The Kier molecular flexibility index (Phi) is 4.99. The van der Waals surface area contributed by atoms with Gasteiger partial charge in [0.15, 0.2) is 5.43 Å². The van der Waals surface area contributed by atoms with E-state index >= 15 is 0 Å². The minimum atomic E-state index is -0.343. The highest BCUT2D eigenvalue weighted by Crippen LogP contribution is 2.24. The van der Waals surface area contributed by atoms with Crippen LogP contribution in [0.15, 0.2) is 47.4 Å². The fourth-order valence-electron chi connectivity index (χ4n) is 3.07. The van der Waals surface area contributed by atoms with Gasteiger partial charge in [0, 0.05) is 18.0 Å². The van der Waals surface area contributed by atoms with E-state index in [1.807, 2.05) is 30.3 Å². The van der Waals surface area contributed by atoms with Crippen molar-refractivity contribution in [1.29, 1.82) is 0 Å². The van der Waals surface area contributed by atoms with Gasteiger partial charge in [0.2, 0.25) is 0 Å². The second kappa shape index (κ2) is 7.34. The molecule has 0 radical (unpaired) electrons. The first-order valence-corrected chi connectivity index (χ1v) is 8.35. The lowest BCUT2D eigenvalue weighted by Gasteiger charge is -2.32.